The fraction of sp³-hybridized carbons (Fsp3) is 0.778. The summed E-state index contributed by atoms with van der Waals surface area (Å²) in [5, 5.41) is 0. The van der Waals surface area contributed by atoms with Gasteiger partial charge in [-0.15, -0.1) is 0 Å². The average Bonchev–Trinajstić information content (AvgIpc) is 3.14. The quantitative estimate of drug-likeness (QED) is 0.302. The molecule has 1 heterocycles. The summed E-state index contributed by atoms with van der Waals surface area (Å²) in [6.45, 7) is 27.3. The van der Waals surface area contributed by atoms with Gasteiger partial charge >= 0.3 is 0 Å². The topological polar surface area (TPSA) is 9.23 Å². The molecule has 1 aliphatic heterocycles. The van der Waals surface area contributed by atoms with Crippen LogP contribution in [-0.4, -0.2) is 6.61 Å². The number of rotatable bonds is 4. The predicted molar refractivity (Wildman–Crippen MR) is 238 cm³/mol. The second kappa shape index (κ2) is 18.4. The van der Waals surface area contributed by atoms with Crippen LogP contribution in [0.4, 0.5) is 0 Å². The molecule has 6 unspecified atom stereocenters. The molecule has 7 aliphatic carbocycles. The first-order valence-corrected chi connectivity index (χ1v) is 24.0. The van der Waals surface area contributed by atoms with E-state index in [4.69, 9.17) is 4.74 Å². The zero-order chi connectivity index (χ0) is 39.5. The van der Waals surface area contributed by atoms with Crippen molar-refractivity contribution >= 4 is 0 Å². The summed E-state index contributed by atoms with van der Waals surface area (Å²) in [5.74, 6) is 12.5. The molecule has 0 spiro atoms. The fourth-order valence-electron chi connectivity index (χ4n) is 13.8. The summed E-state index contributed by atoms with van der Waals surface area (Å²) in [4.78, 5) is 0. The van der Waals surface area contributed by atoms with Crippen molar-refractivity contribution in [3.63, 3.8) is 0 Å². The lowest BCUT2D eigenvalue weighted by Gasteiger charge is -2.60. The average molecular weight is 751 g/mol. The minimum atomic E-state index is 0.414. The molecule has 10 rings (SSSR count). The molecule has 0 N–H and O–H groups in total. The van der Waals surface area contributed by atoms with Gasteiger partial charge in [0.1, 0.15) is 5.75 Å². The first-order chi connectivity index (χ1) is 26.2. The summed E-state index contributed by atoms with van der Waals surface area (Å²) in [7, 11) is 0. The summed E-state index contributed by atoms with van der Waals surface area (Å²) in [6.07, 6.45) is 23.4. The minimum absolute atomic E-state index is 0.414. The van der Waals surface area contributed by atoms with E-state index in [1.807, 2.05) is 6.07 Å². The van der Waals surface area contributed by atoms with Gasteiger partial charge in [0.25, 0.3) is 0 Å². The standard InChI is InChI=1S/C17H24.C13H24.C12H16O.C12H22/c1-17(2,3)15-11-10-13-7-4-6-12-8-5-9-14(15)16(12)13;1-9(2)7-10-5-6-11-8-12(10)13(11,3)4;1-9(2)10-7-8-13-12-6-4-3-5-11(10)12;1-9(2)12-10-5-3-6-11(12)8-4-7-10/h5,8-9,13,15H,4,6-7,10-11H2,1-3H3;9-12H,5-8H2,1-4H3;3-6,9-10H,7-8H2,1-2H3;9-12H,3-8H2,1-2H3. The highest BCUT2D eigenvalue weighted by molar-refractivity contribution is 5.44. The van der Waals surface area contributed by atoms with E-state index in [1.165, 1.54) is 69.8 Å². The molecule has 2 aromatic carbocycles. The number of hydrogen-bond acceptors (Lipinski definition) is 1. The fourth-order valence-corrected chi connectivity index (χ4v) is 13.8. The van der Waals surface area contributed by atoms with Gasteiger partial charge in [0, 0.05) is 0 Å². The molecular formula is C54H86O. The van der Waals surface area contributed by atoms with E-state index in [2.05, 4.69) is 113 Å². The van der Waals surface area contributed by atoms with Crippen molar-refractivity contribution in [3.05, 3.63) is 64.7 Å². The molecule has 6 atom stereocenters. The van der Waals surface area contributed by atoms with Gasteiger partial charge in [-0.05, 0) is 174 Å². The van der Waals surface area contributed by atoms with Gasteiger partial charge < -0.3 is 4.74 Å². The molecule has 0 saturated heterocycles. The Bertz CT molecular complexity index is 1460. The maximum Gasteiger partial charge on any atom is 0.122 e. The van der Waals surface area contributed by atoms with Gasteiger partial charge in [-0.25, -0.2) is 0 Å². The Hall–Kier alpha value is -1.76. The van der Waals surface area contributed by atoms with Crippen LogP contribution in [0.1, 0.15) is 212 Å². The molecule has 8 aliphatic rings. The van der Waals surface area contributed by atoms with Crippen molar-refractivity contribution < 1.29 is 4.74 Å². The largest absolute Gasteiger partial charge is 0.493 e. The normalized spacial score (nSPS) is 32.5. The van der Waals surface area contributed by atoms with Crippen LogP contribution in [0.3, 0.4) is 0 Å². The monoisotopic (exact) mass is 751 g/mol. The van der Waals surface area contributed by atoms with Crippen LogP contribution < -0.4 is 4.74 Å². The highest BCUT2D eigenvalue weighted by Crippen LogP contribution is 2.62. The summed E-state index contributed by atoms with van der Waals surface area (Å²) >= 11 is 0. The summed E-state index contributed by atoms with van der Waals surface area (Å²) in [5.41, 5.74) is 7.60. The van der Waals surface area contributed by atoms with Gasteiger partial charge in [-0.1, -0.05) is 151 Å². The molecule has 4 bridgehead atoms. The van der Waals surface area contributed by atoms with E-state index >= 15 is 0 Å². The number of aryl methyl sites for hydroxylation is 1. The van der Waals surface area contributed by atoms with Crippen molar-refractivity contribution in [1.82, 2.24) is 0 Å². The second-order valence-corrected chi connectivity index (χ2v) is 22.6. The van der Waals surface area contributed by atoms with Crippen LogP contribution in [0, 0.1) is 64.1 Å². The molecular weight excluding hydrogens is 665 g/mol. The molecule has 2 aromatic rings. The van der Waals surface area contributed by atoms with E-state index in [9.17, 15) is 0 Å². The highest BCUT2D eigenvalue weighted by atomic mass is 16.5. The summed E-state index contributed by atoms with van der Waals surface area (Å²) in [6, 6.07) is 15.5. The first kappa shape index (κ1) is 42.8. The second-order valence-electron chi connectivity index (χ2n) is 22.6. The van der Waals surface area contributed by atoms with Crippen LogP contribution >= 0.6 is 0 Å². The maximum absolute atomic E-state index is 5.60. The van der Waals surface area contributed by atoms with Gasteiger partial charge in [0.2, 0.25) is 0 Å². The van der Waals surface area contributed by atoms with E-state index < -0.39 is 0 Å². The van der Waals surface area contributed by atoms with E-state index in [-0.39, 0.29) is 0 Å². The molecule has 1 nitrogen and oxygen atoms in total. The predicted octanol–water partition coefficient (Wildman–Crippen LogP) is 16.2. The van der Waals surface area contributed by atoms with Crippen LogP contribution in [-0.2, 0) is 6.42 Å². The van der Waals surface area contributed by atoms with Crippen LogP contribution in [0.2, 0.25) is 0 Å². The van der Waals surface area contributed by atoms with Gasteiger partial charge in [0.05, 0.1) is 6.61 Å². The third-order valence-electron chi connectivity index (χ3n) is 16.6. The molecule has 0 aromatic heterocycles. The van der Waals surface area contributed by atoms with Crippen molar-refractivity contribution in [2.45, 2.75) is 197 Å². The Morgan fingerprint density at radius 2 is 1.36 bits per heavy atom. The zero-order valence-electron chi connectivity index (χ0n) is 37.9. The molecule has 55 heavy (non-hydrogen) atoms. The van der Waals surface area contributed by atoms with Gasteiger partial charge in [0.15, 0.2) is 0 Å². The number of para-hydroxylation sites is 1. The number of ether oxygens (including phenoxy) is 1. The lowest BCUT2D eigenvalue weighted by molar-refractivity contribution is -0.109. The van der Waals surface area contributed by atoms with Crippen LogP contribution in [0.5, 0.6) is 5.75 Å². The van der Waals surface area contributed by atoms with Crippen molar-refractivity contribution in [3.8, 4) is 5.75 Å². The van der Waals surface area contributed by atoms with Crippen molar-refractivity contribution in [2.24, 2.45) is 64.1 Å². The lowest BCUT2D eigenvalue weighted by Crippen LogP contribution is -2.52. The van der Waals surface area contributed by atoms with Crippen molar-refractivity contribution in [2.75, 3.05) is 6.61 Å². The zero-order valence-corrected chi connectivity index (χ0v) is 37.9. The Morgan fingerprint density at radius 3 is 1.95 bits per heavy atom. The van der Waals surface area contributed by atoms with Gasteiger partial charge in [-0.2, -0.15) is 0 Å². The summed E-state index contributed by atoms with van der Waals surface area (Å²) < 4.78 is 5.60. The highest BCUT2D eigenvalue weighted by Gasteiger charge is 2.53. The molecule has 0 amide bonds. The third kappa shape index (κ3) is 9.93. The van der Waals surface area contributed by atoms with E-state index in [1.54, 1.807) is 48.8 Å². The third-order valence-corrected chi connectivity index (χ3v) is 16.6. The Kier molecular flexibility index (Phi) is 14.4. The van der Waals surface area contributed by atoms with E-state index in [0.717, 1.165) is 78.0 Å². The molecule has 1 heteroatoms. The first-order valence-electron chi connectivity index (χ1n) is 24.0. The smallest absolute Gasteiger partial charge is 0.122 e. The Balaban J connectivity index is 0.000000126. The Morgan fingerprint density at radius 1 is 0.691 bits per heavy atom. The molecule has 5 saturated carbocycles. The number of benzene rings is 2. The number of hydrogen-bond donors (Lipinski definition) is 0. The van der Waals surface area contributed by atoms with Crippen LogP contribution in [0.15, 0.2) is 42.5 Å². The maximum atomic E-state index is 5.60. The molecule has 308 valence electrons. The molecule has 0 radical (unpaired) electrons. The SMILES string of the molecule is CC(C)(C)C1CCC2CCCc3cccc1c32.CC(C)C1C2CCCC1CCC2.CC(C)C1CCOc2ccccc21.CC(C)CC1CCC2CC1C2(C)C. The lowest BCUT2D eigenvalue weighted by atomic mass is 9.45. The van der Waals surface area contributed by atoms with Crippen LogP contribution in [0.25, 0.3) is 0 Å². The van der Waals surface area contributed by atoms with Gasteiger partial charge in [-0.3, -0.25) is 0 Å². The number of fused-ring (bicyclic) bond motifs is 5. The Labute approximate surface area is 341 Å². The van der Waals surface area contributed by atoms with Crippen molar-refractivity contribution in [1.29, 1.82) is 0 Å². The van der Waals surface area contributed by atoms with E-state index in [0.29, 0.717) is 22.7 Å². The molecule has 5 fully saturated rings. The minimum Gasteiger partial charge on any atom is -0.493 e.